The monoisotopic (exact) mass is 710 g/mol. The molecule has 7 rings (SSSR count). The Hall–Kier alpha value is -3.34. The maximum absolute atomic E-state index is 15.0. The summed E-state index contributed by atoms with van der Waals surface area (Å²) in [6, 6.07) is 14.2. The number of carbonyl (C=O) groups excluding carboxylic acids is 1. The van der Waals surface area contributed by atoms with Crippen LogP contribution in [0.25, 0.3) is 22.3 Å². The molecule has 0 saturated carbocycles. The van der Waals surface area contributed by atoms with Crippen LogP contribution in [0.5, 0.6) is 0 Å². The number of pyridine rings is 2. The fraction of sp³-hybridized carbons (Fsp3) is 0.312. The molecule has 2 atom stereocenters. The molecule has 1 radical (unpaired) electrons. The van der Waals surface area contributed by atoms with E-state index in [1.54, 1.807) is 11.5 Å². The zero-order valence-electron chi connectivity index (χ0n) is 22.9. The molecule has 0 fully saturated rings. The van der Waals surface area contributed by atoms with Crippen molar-refractivity contribution in [2.45, 2.75) is 65.6 Å². The molecule has 2 aromatic carbocycles. The number of ether oxygens (including phenoxy) is 1. The minimum atomic E-state index is -0.523. The molecule has 40 heavy (non-hydrogen) atoms. The van der Waals surface area contributed by atoms with Gasteiger partial charge in [0.05, 0.1) is 34.9 Å². The smallest absolute Gasteiger partial charge is 0.313 e. The van der Waals surface area contributed by atoms with Gasteiger partial charge in [0.25, 0.3) is 5.56 Å². The average Bonchev–Trinajstić information content (AvgIpc) is 3.30. The summed E-state index contributed by atoms with van der Waals surface area (Å²) in [6.07, 6.45) is 3.53. The number of rotatable bonds is 2. The van der Waals surface area contributed by atoms with Crippen LogP contribution in [0.1, 0.15) is 72.5 Å². The Morgan fingerprint density at radius 2 is 1.98 bits per heavy atom. The minimum absolute atomic E-state index is 0. The Morgan fingerprint density at radius 1 is 1.20 bits per heavy atom. The van der Waals surface area contributed by atoms with Crippen molar-refractivity contribution in [1.29, 1.82) is 0 Å². The number of cyclic esters (lactones) is 1. The zero-order valence-corrected chi connectivity index (χ0v) is 25.6. The van der Waals surface area contributed by atoms with E-state index in [0.29, 0.717) is 40.1 Å². The topological polar surface area (TPSA) is 73.2 Å². The van der Waals surface area contributed by atoms with Crippen LogP contribution in [-0.4, -0.2) is 15.5 Å². The molecule has 0 unspecified atom stereocenters. The molecule has 4 heterocycles. The Balaban J connectivity index is 0.000000774. The molecule has 1 aliphatic carbocycles. The summed E-state index contributed by atoms with van der Waals surface area (Å²) < 4.78 is 21.9. The van der Waals surface area contributed by atoms with Gasteiger partial charge in [0.15, 0.2) is 0 Å². The minimum Gasteiger partial charge on any atom is -0.460 e. The van der Waals surface area contributed by atoms with Gasteiger partial charge in [0.1, 0.15) is 12.4 Å². The van der Waals surface area contributed by atoms with Crippen molar-refractivity contribution in [3.8, 4) is 11.4 Å². The number of anilines is 1. The van der Waals surface area contributed by atoms with Crippen LogP contribution >= 0.6 is 0 Å². The van der Waals surface area contributed by atoms with Crippen molar-refractivity contribution in [3.63, 3.8) is 0 Å². The molecule has 3 aliphatic rings. The fourth-order valence-electron chi connectivity index (χ4n) is 6.12. The number of fused-ring (bicyclic) bond motifs is 5. The van der Waals surface area contributed by atoms with E-state index >= 15 is 0 Å². The van der Waals surface area contributed by atoms with Gasteiger partial charge in [-0.25, -0.2) is 9.37 Å². The molecule has 207 valence electrons. The molecule has 0 amide bonds. The van der Waals surface area contributed by atoms with Crippen molar-refractivity contribution in [2.75, 3.05) is 5.32 Å². The van der Waals surface area contributed by atoms with Gasteiger partial charge >= 0.3 is 5.97 Å². The van der Waals surface area contributed by atoms with E-state index in [9.17, 15) is 14.0 Å². The summed E-state index contributed by atoms with van der Waals surface area (Å²) in [7, 11) is 0. The molecule has 8 heteroatoms. The maximum atomic E-state index is 15.0. The van der Waals surface area contributed by atoms with Crippen molar-refractivity contribution >= 4 is 22.6 Å². The number of hydrogen-bond acceptors (Lipinski definition) is 5. The van der Waals surface area contributed by atoms with Crippen molar-refractivity contribution < 1.29 is 34.3 Å². The van der Waals surface area contributed by atoms with Gasteiger partial charge in [-0.2, -0.15) is 44.2 Å². The Bertz CT molecular complexity index is 1700. The van der Waals surface area contributed by atoms with E-state index in [1.165, 1.54) is 6.07 Å². The van der Waals surface area contributed by atoms with E-state index in [0.717, 1.165) is 40.6 Å². The van der Waals surface area contributed by atoms with Gasteiger partial charge in [-0.1, -0.05) is 5.69 Å². The van der Waals surface area contributed by atoms with Gasteiger partial charge in [0.2, 0.25) is 0 Å². The first kappa shape index (κ1) is 28.2. The van der Waals surface area contributed by atoms with Crippen molar-refractivity contribution in [3.05, 3.63) is 98.4 Å². The number of halogens is 1. The number of carbonyl (C=O) groups is 1. The summed E-state index contributed by atoms with van der Waals surface area (Å²) in [5, 5.41) is 4.63. The molecule has 2 aliphatic heterocycles. The summed E-state index contributed by atoms with van der Waals surface area (Å²) in [5.41, 5.74) is 7.67. The number of hydrogen-bond donors (Lipinski definition) is 1. The second-order valence-corrected chi connectivity index (χ2v) is 10.5. The molecule has 2 aromatic heterocycles. The van der Waals surface area contributed by atoms with Gasteiger partial charge in [-0.05, 0) is 55.0 Å². The molecule has 0 spiro atoms. The first-order valence-electron chi connectivity index (χ1n) is 13.4. The maximum Gasteiger partial charge on any atom is 0.313 e. The van der Waals surface area contributed by atoms with Gasteiger partial charge in [-0.15, -0.1) is 0 Å². The summed E-state index contributed by atoms with van der Waals surface area (Å²) in [5.74, 6) is -1.12. The molecule has 6 nitrogen and oxygen atoms in total. The van der Waals surface area contributed by atoms with Crippen LogP contribution in [0.3, 0.4) is 0 Å². The van der Waals surface area contributed by atoms with Crippen LogP contribution < -0.4 is 10.9 Å². The third-order valence-electron chi connectivity index (χ3n) is 8.00. The number of nitrogens with one attached hydrogen (secondary N) is 1. The number of aryl methyl sites for hydroxylation is 1. The largest absolute Gasteiger partial charge is 0.460 e. The number of esters is 1. The van der Waals surface area contributed by atoms with Crippen LogP contribution in [0.15, 0.2) is 41.2 Å². The standard InChI is InChI=1S/C29H23FN3O3.C3H7.Re/c1-14-17-8-9-22(31-16-6-4-3-5-7-16)26-19-12-33-24(27(19)32-23(25(17)26)11-21(14)30)10-18-15(2)29(35)36-13-20(18)28(33)34;1-3-2;/h3-4,6-7,10-11,15,22,31H,8-9,12-13H2,1-2H3;3H,1-2H3;/q2*-1;/t15-,22-;;/m0../s1. The van der Waals surface area contributed by atoms with Gasteiger partial charge < -0.3 is 21.0 Å². The fourth-order valence-corrected chi connectivity index (χ4v) is 6.12. The average molecular weight is 710 g/mol. The van der Waals surface area contributed by atoms with Crippen LogP contribution in [0.4, 0.5) is 10.1 Å². The number of benzene rings is 2. The second-order valence-electron chi connectivity index (χ2n) is 10.5. The van der Waals surface area contributed by atoms with Crippen LogP contribution in [-0.2, 0) is 49.5 Å². The summed E-state index contributed by atoms with van der Waals surface area (Å²) in [6.45, 7) is 7.95. The molecule has 1 N–H and O–H groups in total. The Kier molecular flexibility index (Phi) is 7.69. The van der Waals surface area contributed by atoms with Crippen LogP contribution in [0, 0.1) is 25.2 Å². The number of aromatic nitrogens is 2. The van der Waals surface area contributed by atoms with Crippen molar-refractivity contribution in [2.24, 2.45) is 0 Å². The molecular weight excluding hydrogens is 680 g/mol. The van der Waals surface area contributed by atoms with Crippen molar-refractivity contribution in [1.82, 2.24) is 9.55 Å². The first-order valence-corrected chi connectivity index (χ1v) is 13.4. The predicted molar refractivity (Wildman–Crippen MR) is 149 cm³/mol. The molecular formula is C32H30FN3O3Re-2. The van der Waals surface area contributed by atoms with Gasteiger partial charge in [0, 0.05) is 43.5 Å². The molecule has 0 bridgehead atoms. The molecule has 0 saturated heterocycles. The zero-order chi connectivity index (χ0) is 27.4. The predicted octanol–water partition coefficient (Wildman–Crippen LogP) is 6.16. The second kappa shape index (κ2) is 10.9. The van der Waals surface area contributed by atoms with Crippen LogP contribution in [0.2, 0.25) is 0 Å². The number of nitrogens with zero attached hydrogens (tertiary/aromatic N) is 2. The Morgan fingerprint density at radius 3 is 2.70 bits per heavy atom. The first-order chi connectivity index (χ1) is 18.8. The summed E-state index contributed by atoms with van der Waals surface area (Å²) >= 11 is 0. The van der Waals surface area contributed by atoms with E-state index in [2.05, 4.69) is 11.4 Å². The SMILES string of the molecule is C[CH-]C.Cc1c(F)cc2nc3c(c4c2c1CC[C@@H]4Nc1c[c-]ccc1)Cn1c-3cc2c(c1=O)COC(=O)[C@H]2C.[Re]. The third kappa shape index (κ3) is 4.38. The normalized spacial score (nSPS) is 18.0. The Labute approximate surface area is 246 Å². The molecule has 4 aromatic rings. The van der Waals surface area contributed by atoms with E-state index in [4.69, 9.17) is 9.72 Å². The van der Waals surface area contributed by atoms with E-state index in [1.807, 2.05) is 57.5 Å². The third-order valence-corrected chi connectivity index (χ3v) is 8.00. The van der Waals surface area contributed by atoms with E-state index in [-0.39, 0.29) is 50.4 Å². The van der Waals surface area contributed by atoms with E-state index < -0.39 is 5.92 Å². The van der Waals surface area contributed by atoms with Gasteiger partial charge in [-0.3, -0.25) is 9.59 Å². The quantitative estimate of drug-likeness (QED) is 0.176. The summed E-state index contributed by atoms with van der Waals surface area (Å²) in [4.78, 5) is 30.7.